The van der Waals surface area contributed by atoms with E-state index in [-0.39, 0.29) is 17.6 Å². The molecule has 1 fully saturated rings. The molecule has 1 aliphatic rings. The maximum absolute atomic E-state index is 12.5. The molecule has 1 saturated carbocycles. The van der Waals surface area contributed by atoms with Crippen LogP contribution in [0, 0.1) is 12.8 Å². The van der Waals surface area contributed by atoms with Crippen LogP contribution < -0.4 is 5.32 Å². The van der Waals surface area contributed by atoms with Crippen LogP contribution >= 0.6 is 0 Å². The summed E-state index contributed by atoms with van der Waals surface area (Å²) in [5, 5.41) is 3.32. The van der Waals surface area contributed by atoms with E-state index >= 15 is 0 Å². The summed E-state index contributed by atoms with van der Waals surface area (Å²) < 4.78 is 24.7. The predicted molar refractivity (Wildman–Crippen MR) is 121 cm³/mol. The van der Waals surface area contributed by atoms with E-state index in [1.54, 1.807) is 49.5 Å². The largest absolute Gasteiger partial charge is 0.345 e. The Balaban J connectivity index is 1.50. The highest BCUT2D eigenvalue weighted by molar-refractivity contribution is 7.91. The van der Waals surface area contributed by atoms with E-state index in [9.17, 15) is 13.2 Å². The molecule has 0 saturated heterocycles. The number of hydrogen-bond donors (Lipinski definition) is 1. The Bertz CT molecular complexity index is 985. The average molecular weight is 445 g/mol. The highest BCUT2D eigenvalue weighted by atomic mass is 32.2. The number of nitrogens with one attached hydrogen (secondary N) is 1. The van der Waals surface area contributed by atoms with Gasteiger partial charge in [-0.1, -0.05) is 18.2 Å². The molecule has 1 aromatic carbocycles. The number of aryl methyl sites for hydroxylation is 1. The number of sulfone groups is 1. The molecule has 0 bridgehead atoms. The van der Waals surface area contributed by atoms with Gasteiger partial charge in [0.2, 0.25) is 0 Å². The van der Waals surface area contributed by atoms with Gasteiger partial charge in [0.05, 0.1) is 21.9 Å². The van der Waals surface area contributed by atoms with E-state index in [4.69, 9.17) is 0 Å². The van der Waals surface area contributed by atoms with Gasteiger partial charge in [-0.3, -0.25) is 4.79 Å². The van der Waals surface area contributed by atoms with Crippen LogP contribution in [0.3, 0.4) is 0 Å². The molecule has 0 aliphatic heterocycles. The van der Waals surface area contributed by atoms with Gasteiger partial charge < -0.3 is 10.2 Å². The van der Waals surface area contributed by atoms with Gasteiger partial charge in [0.1, 0.15) is 5.82 Å². The van der Waals surface area contributed by atoms with Gasteiger partial charge in [-0.05, 0) is 57.2 Å². The van der Waals surface area contributed by atoms with Crippen LogP contribution in [0.15, 0.2) is 41.4 Å². The molecule has 0 radical (unpaired) electrons. The molecule has 31 heavy (non-hydrogen) atoms. The third-order valence-electron chi connectivity index (χ3n) is 5.89. The van der Waals surface area contributed by atoms with Gasteiger partial charge in [0.25, 0.3) is 5.91 Å². The molecule has 7 nitrogen and oxygen atoms in total. The molecule has 0 spiro atoms. The average Bonchev–Trinajstić information content (AvgIpc) is 2.77. The molecular weight excluding hydrogens is 412 g/mol. The lowest BCUT2D eigenvalue weighted by atomic mass is 9.79. The van der Waals surface area contributed by atoms with Crippen LogP contribution in [-0.4, -0.2) is 62.1 Å². The van der Waals surface area contributed by atoms with Gasteiger partial charge in [-0.15, -0.1) is 0 Å². The normalized spacial score (nSPS) is 19.2. The van der Waals surface area contributed by atoms with Gasteiger partial charge in [-0.2, -0.15) is 0 Å². The summed E-state index contributed by atoms with van der Waals surface area (Å²) >= 11 is 0. The summed E-state index contributed by atoms with van der Waals surface area (Å²) in [4.78, 5) is 23.3. The first-order valence-electron chi connectivity index (χ1n) is 10.8. The van der Waals surface area contributed by atoms with E-state index in [0.29, 0.717) is 28.7 Å². The first kappa shape index (κ1) is 23.3. The molecule has 3 rings (SSSR count). The van der Waals surface area contributed by atoms with E-state index < -0.39 is 9.84 Å². The fourth-order valence-electron chi connectivity index (χ4n) is 4.10. The Kier molecular flexibility index (Phi) is 7.78. The van der Waals surface area contributed by atoms with Crippen LogP contribution in [0.2, 0.25) is 0 Å². The predicted octanol–water partition coefficient (Wildman–Crippen LogP) is 2.82. The van der Waals surface area contributed by atoms with Crippen LogP contribution in [0.25, 0.3) is 0 Å². The van der Waals surface area contributed by atoms with E-state index in [2.05, 4.69) is 15.3 Å². The molecular formula is C23H32N4O3S. The summed E-state index contributed by atoms with van der Waals surface area (Å²) in [5.74, 6) is 1.50. The van der Waals surface area contributed by atoms with Crippen LogP contribution in [-0.2, 0) is 9.84 Å². The molecule has 1 N–H and O–H groups in total. The Morgan fingerprint density at radius 1 is 1.13 bits per heavy atom. The second kappa shape index (κ2) is 10.3. The molecule has 1 heterocycles. The van der Waals surface area contributed by atoms with E-state index in [1.807, 2.05) is 13.0 Å². The van der Waals surface area contributed by atoms with Gasteiger partial charge in [0, 0.05) is 32.8 Å². The third kappa shape index (κ3) is 6.11. The van der Waals surface area contributed by atoms with Crippen molar-refractivity contribution >= 4 is 15.7 Å². The van der Waals surface area contributed by atoms with Crippen molar-refractivity contribution in [2.75, 3.05) is 32.9 Å². The summed E-state index contributed by atoms with van der Waals surface area (Å²) in [6.07, 6.45) is 5.65. The SMILES string of the molecule is Cc1ncc(C(=O)N(C)C)c(C2CCC(CNCCS(=O)(=O)c3ccccc3)CC2)n1. The second-order valence-electron chi connectivity index (χ2n) is 8.47. The fourth-order valence-corrected chi connectivity index (χ4v) is 5.32. The van der Waals surface area contributed by atoms with E-state index in [0.717, 1.165) is 37.9 Å². The molecule has 1 aromatic heterocycles. The van der Waals surface area contributed by atoms with Gasteiger partial charge >= 0.3 is 0 Å². The Labute approximate surface area is 185 Å². The van der Waals surface area contributed by atoms with E-state index in [1.165, 1.54) is 0 Å². The van der Waals surface area contributed by atoms with Gasteiger partial charge in [0.15, 0.2) is 9.84 Å². The number of carbonyl (C=O) groups is 1. The summed E-state index contributed by atoms with van der Waals surface area (Å²) in [6, 6.07) is 8.59. The topological polar surface area (TPSA) is 92.3 Å². The Hall–Kier alpha value is -2.32. The Morgan fingerprint density at radius 2 is 1.81 bits per heavy atom. The molecule has 1 aliphatic carbocycles. The zero-order valence-electron chi connectivity index (χ0n) is 18.5. The molecule has 0 unspecified atom stereocenters. The van der Waals surface area contributed by atoms with Crippen LogP contribution in [0.4, 0.5) is 0 Å². The number of hydrogen-bond acceptors (Lipinski definition) is 6. The molecule has 168 valence electrons. The van der Waals surface area contributed by atoms with Crippen LogP contribution in [0.1, 0.15) is 53.5 Å². The fraction of sp³-hybridized carbons (Fsp3) is 0.522. The van der Waals surface area contributed by atoms with Gasteiger partial charge in [-0.25, -0.2) is 18.4 Å². The number of carbonyl (C=O) groups excluding carboxylic acids is 1. The zero-order chi connectivity index (χ0) is 22.4. The Morgan fingerprint density at radius 3 is 2.45 bits per heavy atom. The highest BCUT2D eigenvalue weighted by Crippen LogP contribution is 2.36. The zero-order valence-corrected chi connectivity index (χ0v) is 19.4. The monoisotopic (exact) mass is 444 g/mol. The quantitative estimate of drug-likeness (QED) is 0.630. The summed E-state index contributed by atoms with van der Waals surface area (Å²) in [7, 11) is 0.240. The van der Waals surface area contributed by atoms with Crippen molar-refractivity contribution in [2.45, 2.75) is 43.4 Å². The minimum Gasteiger partial charge on any atom is -0.345 e. The maximum atomic E-state index is 12.5. The standard InChI is InChI=1S/C23H32N4O3S/c1-17-25-16-21(23(28)27(2)3)22(26-17)19-11-9-18(10-12-19)15-24-13-14-31(29,30)20-7-5-4-6-8-20/h4-8,16,18-19,24H,9-15H2,1-3H3. The number of nitrogens with zero attached hydrogens (tertiary/aromatic N) is 3. The highest BCUT2D eigenvalue weighted by Gasteiger charge is 2.28. The maximum Gasteiger partial charge on any atom is 0.256 e. The first-order valence-corrected chi connectivity index (χ1v) is 12.5. The minimum atomic E-state index is -3.24. The van der Waals surface area contributed by atoms with Crippen molar-refractivity contribution in [3.8, 4) is 0 Å². The van der Waals surface area contributed by atoms with Crippen molar-refractivity contribution in [3.63, 3.8) is 0 Å². The summed E-state index contributed by atoms with van der Waals surface area (Å²) in [5.41, 5.74) is 1.47. The first-order chi connectivity index (χ1) is 14.8. The second-order valence-corrected chi connectivity index (χ2v) is 10.6. The van der Waals surface area contributed by atoms with Crippen molar-refractivity contribution in [1.29, 1.82) is 0 Å². The number of amides is 1. The van der Waals surface area contributed by atoms with Crippen molar-refractivity contribution in [1.82, 2.24) is 20.2 Å². The molecule has 0 atom stereocenters. The summed E-state index contributed by atoms with van der Waals surface area (Å²) in [6.45, 7) is 3.11. The molecule has 2 aromatic rings. The number of benzene rings is 1. The number of aromatic nitrogens is 2. The van der Waals surface area contributed by atoms with Crippen LogP contribution in [0.5, 0.6) is 0 Å². The molecule has 1 amide bonds. The molecule has 8 heteroatoms. The lowest BCUT2D eigenvalue weighted by Gasteiger charge is -2.29. The lowest BCUT2D eigenvalue weighted by Crippen LogP contribution is -2.30. The smallest absolute Gasteiger partial charge is 0.256 e. The van der Waals surface area contributed by atoms with Crippen molar-refractivity contribution in [3.05, 3.63) is 53.6 Å². The van der Waals surface area contributed by atoms with Crippen molar-refractivity contribution < 1.29 is 13.2 Å². The lowest BCUT2D eigenvalue weighted by molar-refractivity contribution is 0.0824. The third-order valence-corrected chi connectivity index (χ3v) is 7.62. The van der Waals surface area contributed by atoms with Crippen molar-refractivity contribution in [2.24, 2.45) is 5.92 Å². The number of rotatable bonds is 8. The minimum absolute atomic E-state index is 0.0570.